The Morgan fingerprint density at radius 2 is 1.45 bits per heavy atom. The second-order valence-corrected chi connectivity index (χ2v) is 6.65. The van der Waals surface area contributed by atoms with Gasteiger partial charge < -0.3 is 4.43 Å². The van der Waals surface area contributed by atoms with Gasteiger partial charge in [0.05, 0.1) is 0 Å². The monoisotopic (exact) mass is 300 g/mol. The van der Waals surface area contributed by atoms with Crippen molar-refractivity contribution >= 4 is 16.5 Å². The van der Waals surface area contributed by atoms with Crippen LogP contribution in [0.5, 0.6) is 0 Å². The van der Waals surface area contributed by atoms with Gasteiger partial charge in [0.1, 0.15) is 0 Å². The van der Waals surface area contributed by atoms with E-state index in [0.717, 1.165) is 6.42 Å². The lowest BCUT2D eigenvalue weighted by molar-refractivity contribution is -0.134. The van der Waals surface area contributed by atoms with Crippen LogP contribution >= 0.6 is 0 Å². The number of hydrogen-bond donors (Lipinski definition) is 0. The van der Waals surface area contributed by atoms with Gasteiger partial charge in [-0.05, 0) is 37.5 Å². The quantitative estimate of drug-likeness (QED) is 0.369. The molecular formula is C17H36O2Si. The molecule has 0 atom stereocenters. The van der Waals surface area contributed by atoms with Crippen LogP contribution in [0.1, 0.15) is 97.8 Å². The summed E-state index contributed by atoms with van der Waals surface area (Å²) in [5.74, 6) is 0.00421. The molecule has 0 aliphatic heterocycles. The van der Waals surface area contributed by atoms with E-state index in [1.807, 2.05) is 0 Å². The third-order valence-electron chi connectivity index (χ3n) is 4.44. The minimum atomic E-state index is 0.00421. The van der Waals surface area contributed by atoms with E-state index in [4.69, 9.17) is 4.43 Å². The van der Waals surface area contributed by atoms with E-state index in [1.54, 1.807) is 0 Å². The summed E-state index contributed by atoms with van der Waals surface area (Å²) < 4.78 is 4.90. The maximum Gasteiger partial charge on any atom is 0.291 e. The Labute approximate surface area is 129 Å². The lowest BCUT2D eigenvalue weighted by Gasteiger charge is -2.34. The van der Waals surface area contributed by atoms with Gasteiger partial charge in [0.15, 0.2) is 0 Å². The lowest BCUT2D eigenvalue weighted by atomic mass is 9.71. The number of unbranched alkanes of at least 4 members (excludes halogenated alkanes) is 3. The number of hydrogen-bond acceptors (Lipinski definition) is 2. The highest BCUT2D eigenvalue weighted by Gasteiger charge is 2.27. The SMILES string of the molecule is CCCCCCC(CCC)(CCC)CCCC(=O)O[SiH3]. The minimum absolute atomic E-state index is 0.00421. The van der Waals surface area contributed by atoms with Gasteiger partial charge in [-0.15, -0.1) is 0 Å². The highest BCUT2D eigenvalue weighted by atomic mass is 28.2. The zero-order valence-electron chi connectivity index (χ0n) is 14.3. The first kappa shape index (κ1) is 19.7. The van der Waals surface area contributed by atoms with Gasteiger partial charge in [0.25, 0.3) is 5.97 Å². The molecule has 0 aromatic rings. The van der Waals surface area contributed by atoms with Crippen LogP contribution in [-0.2, 0) is 9.22 Å². The topological polar surface area (TPSA) is 26.3 Å². The Hall–Kier alpha value is -0.313. The molecule has 20 heavy (non-hydrogen) atoms. The Kier molecular flexibility index (Phi) is 12.2. The fourth-order valence-corrected chi connectivity index (χ4v) is 3.65. The van der Waals surface area contributed by atoms with E-state index in [1.165, 1.54) is 64.2 Å². The molecule has 0 rings (SSSR count). The van der Waals surface area contributed by atoms with Crippen molar-refractivity contribution in [2.45, 2.75) is 97.8 Å². The third-order valence-corrected chi connectivity index (χ3v) is 4.89. The fraction of sp³-hybridized carbons (Fsp3) is 0.941. The fourth-order valence-electron chi connectivity index (χ4n) is 3.45. The van der Waals surface area contributed by atoms with Crippen molar-refractivity contribution in [2.75, 3.05) is 0 Å². The third kappa shape index (κ3) is 8.78. The maximum absolute atomic E-state index is 11.3. The molecule has 0 amide bonds. The summed E-state index contributed by atoms with van der Waals surface area (Å²) in [6, 6.07) is 0. The second kappa shape index (κ2) is 12.4. The molecule has 3 heteroatoms. The van der Waals surface area contributed by atoms with Gasteiger partial charge in [0.2, 0.25) is 10.5 Å². The Morgan fingerprint density at radius 1 is 0.850 bits per heavy atom. The summed E-state index contributed by atoms with van der Waals surface area (Å²) in [5.41, 5.74) is 0.489. The van der Waals surface area contributed by atoms with Gasteiger partial charge in [0, 0.05) is 6.42 Å². The van der Waals surface area contributed by atoms with E-state index >= 15 is 0 Å². The van der Waals surface area contributed by atoms with Crippen LogP contribution in [0.2, 0.25) is 0 Å². The van der Waals surface area contributed by atoms with Crippen LogP contribution in [-0.4, -0.2) is 16.5 Å². The lowest BCUT2D eigenvalue weighted by Crippen LogP contribution is -2.21. The molecule has 0 spiro atoms. The van der Waals surface area contributed by atoms with Gasteiger partial charge in [-0.25, -0.2) is 0 Å². The van der Waals surface area contributed by atoms with Crippen molar-refractivity contribution in [3.05, 3.63) is 0 Å². The second-order valence-electron chi connectivity index (χ2n) is 6.24. The van der Waals surface area contributed by atoms with Crippen molar-refractivity contribution in [1.29, 1.82) is 0 Å². The van der Waals surface area contributed by atoms with Crippen molar-refractivity contribution in [2.24, 2.45) is 5.41 Å². The van der Waals surface area contributed by atoms with Crippen molar-refractivity contribution in [1.82, 2.24) is 0 Å². The molecule has 2 nitrogen and oxygen atoms in total. The first-order valence-corrected chi connectivity index (χ1v) is 9.52. The zero-order chi connectivity index (χ0) is 15.3. The summed E-state index contributed by atoms with van der Waals surface area (Å²) in [6.45, 7) is 6.86. The molecule has 0 saturated heterocycles. The number of carbonyl (C=O) groups is 1. The molecule has 120 valence electrons. The molecule has 0 radical (unpaired) electrons. The van der Waals surface area contributed by atoms with Crippen LogP contribution in [0.15, 0.2) is 0 Å². The standard InChI is InChI=1S/C17H36O2Si/c1-4-7-8-9-14-17(12-5-2,13-6-3)15-10-11-16(18)19-20/h4-15H2,1-3,20H3. The van der Waals surface area contributed by atoms with Crippen LogP contribution in [0.25, 0.3) is 0 Å². The molecule has 0 bridgehead atoms. The van der Waals surface area contributed by atoms with Gasteiger partial charge in [-0.1, -0.05) is 59.3 Å². The van der Waals surface area contributed by atoms with E-state index in [9.17, 15) is 4.79 Å². The van der Waals surface area contributed by atoms with Crippen LogP contribution in [0, 0.1) is 5.41 Å². The Morgan fingerprint density at radius 3 is 1.95 bits per heavy atom. The summed E-state index contributed by atoms with van der Waals surface area (Å²) >= 11 is 0. The average molecular weight is 301 g/mol. The van der Waals surface area contributed by atoms with Gasteiger partial charge >= 0.3 is 0 Å². The predicted octanol–water partition coefficient (Wildman–Crippen LogP) is 4.54. The van der Waals surface area contributed by atoms with E-state index in [0.29, 0.717) is 22.3 Å². The van der Waals surface area contributed by atoms with Crippen LogP contribution in [0.3, 0.4) is 0 Å². The summed E-state index contributed by atoms with van der Waals surface area (Å²) in [6.07, 6.45) is 14.8. The Bertz CT molecular complexity index is 235. The molecule has 0 aliphatic rings. The van der Waals surface area contributed by atoms with Crippen molar-refractivity contribution in [3.8, 4) is 0 Å². The van der Waals surface area contributed by atoms with Gasteiger partial charge in [-0.2, -0.15) is 0 Å². The highest BCUT2D eigenvalue weighted by Crippen LogP contribution is 2.40. The van der Waals surface area contributed by atoms with E-state index < -0.39 is 0 Å². The van der Waals surface area contributed by atoms with Gasteiger partial charge in [-0.3, -0.25) is 4.79 Å². The number of rotatable bonds is 13. The van der Waals surface area contributed by atoms with Crippen molar-refractivity contribution in [3.63, 3.8) is 0 Å². The average Bonchev–Trinajstić information content (AvgIpc) is 2.44. The zero-order valence-corrected chi connectivity index (χ0v) is 16.3. The summed E-state index contributed by atoms with van der Waals surface area (Å²) in [5, 5.41) is 0. The summed E-state index contributed by atoms with van der Waals surface area (Å²) in [4.78, 5) is 11.3. The normalized spacial score (nSPS) is 11.8. The van der Waals surface area contributed by atoms with Crippen LogP contribution in [0.4, 0.5) is 0 Å². The van der Waals surface area contributed by atoms with Crippen LogP contribution < -0.4 is 0 Å². The van der Waals surface area contributed by atoms with E-state index in [2.05, 4.69) is 20.8 Å². The number of carbonyl (C=O) groups excluding carboxylic acids is 1. The molecule has 0 unspecified atom stereocenters. The minimum Gasteiger partial charge on any atom is -0.529 e. The first-order chi connectivity index (χ1) is 9.64. The highest BCUT2D eigenvalue weighted by molar-refractivity contribution is 6.05. The van der Waals surface area contributed by atoms with Crippen molar-refractivity contribution < 1.29 is 9.22 Å². The molecule has 0 aromatic carbocycles. The molecule has 0 aliphatic carbocycles. The molecule has 0 fully saturated rings. The molecule has 0 saturated carbocycles. The maximum atomic E-state index is 11.3. The smallest absolute Gasteiger partial charge is 0.291 e. The molecule has 0 heterocycles. The Balaban J connectivity index is 4.36. The molecule has 0 aromatic heterocycles. The molecule has 0 N–H and O–H groups in total. The first-order valence-electron chi connectivity index (χ1n) is 8.71. The summed E-state index contributed by atoms with van der Waals surface area (Å²) in [7, 11) is 0.535. The largest absolute Gasteiger partial charge is 0.529 e. The van der Waals surface area contributed by atoms with E-state index in [-0.39, 0.29) is 5.97 Å². The predicted molar refractivity (Wildman–Crippen MR) is 90.9 cm³/mol. The molecular weight excluding hydrogens is 264 g/mol.